The number of hydrogen-bond acceptors (Lipinski definition) is 6. The van der Waals surface area contributed by atoms with E-state index in [1.54, 1.807) is 0 Å². The highest BCUT2D eigenvalue weighted by Gasteiger charge is 2.23. The fourth-order valence-electron chi connectivity index (χ4n) is 6.51. The van der Waals surface area contributed by atoms with Gasteiger partial charge in [0, 0.05) is 58.4 Å². The lowest BCUT2D eigenvalue weighted by molar-refractivity contribution is 0.669. The zero-order valence-corrected chi connectivity index (χ0v) is 28.9. The average Bonchev–Trinajstić information content (AvgIpc) is 1.53. The van der Waals surface area contributed by atoms with E-state index in [4.69, 9.17) is 34.9 Å². The Labute approximate surface area is 370 Å². The fourth-order valence-corrected chi connectivity index (χ4v) is 7.58. The highest BCUT2D eigenvalue weighted by molar-refractivity contribution is 7.26. The largest absolute Gasteiger partial charge is 0.456 e. The summed E-state index contributed by atoms with van der Waals surface area (Å²) in [5.74, 6) is -2.49. The van der Waals surface area contributed by atoms with Crippen LogP contribution >= 0.6 is 11.3 Å². The Hall–Kier alpha value is -7.41. The van der Waals surface area contributed by atoms with Crippen LogP contribution in [-0.4, -0.2) is 15.0 Å². The van der Waals surface area contributed by atoms with Gasteiger partial charge >= 0.3 is 0 Å². The lowest BCUT2D eigenvalue weighted by Crippen LogP contribution is -2.00. The van der Waals surface area contributed by atoms with Crippen molar-refractivity contribution in [3.63, 3.8) is 0 Å². The van der Waals surface area contributed by atoms with Gasteiger partial charge in [-0.3, -0.25) is 0 Å². The summed E-state index contributed by atoms with van der Waals surface area (Å²) in [7, 11) is 0. The SMILES string of the molecule is [2H]c1c([2H])c([2H])c(-c2nc(-c3c([2H])c([2H])c([2H])c([2H])c3[2H])nc(-c3c([2H])c([2H])c([2H])c4c3oc3c(-c5c([2H])c(-c6c([2H])c([2H])c([2H])c7c6sc6c([2H])c([2H])c([2H])c([2H])c67)c([2H])c6oc7c([2H])c([2H])c([2H])c([2H])c7c56)c([2H])c([2H])c([2H])c34)n2)c([2H])c1[2H]. The number of benzene rings is 8. The summed E-state index contributed by atoms with van der Waals surface area (Å²) >= 11 is 0.625. The minimum Gasteiger partial charge on any atom is -0.456 e. The molecular formula is C51H29N3O2S. The molecule has 0 aliphatic rings. The van der Waals surface area contributed by atoms with Gasteiger partial charge in [0.2, 0.25) is 0 Å². The molecule has 0 atom stereocenters. The van der Waals surface area contributed by atoms with Crippen molar-refractivity contribution in [1.29, 1.82) is 0 Å². The van der Waals surface area contributed by atoms with Gasteiger partial charge in [0.05, 0.1) is 45.3 Å². The molecular weight excluding hydrogens is 719 g/mol. The van der Waals surface area contributed by atoms with Gasteiger partial charge in [-0.2, -0.15) is 0 Å². The van der Waals surface area contributed by atoms with Crippen LogP contribution in [0.2, 0.25) is 0 Å². The maximum Gasteiger partial charge on any atom is 0.167 e. The molecule has 8 aromatic carbocycles. The molecule has 266 valence electrons. The minimum atomic E-state index is -0.994. The maximum absolute atomic E-state index is 10.3. The van der Waals surface area contributed by atoms with Crippen molar-refractivity contribution in [3.8, 4) is 56.4 Å². The van der Waals surface area contributed by atoms with Crippen molar-refractivity contribution in [2.75, 3.05) is 0 Å². The fraction of sp³-hybridized carbons (Fsp3) is 0. The highest BCUT2D eigenvalue weighted by Crippen LogP contribution is 2.47. The normalized spacial score (nSPS) is 19.0. The minimum absolute atomic E-state index is 0.150. The maximum atomic E-state index is 10.3. The number of nitrogens with zero attached hydrogens (tertiary/aromatic N) is 3. The Balaban J connectivity index is 1.29. The Bertz CT molecular complexity index is 5100. The predicted octanol–water partition coefficient (Wildman–Crippen LogP) is 14.4. The summed E-state index contributed by atoms with van der Waals surface area (Å²) in [5, 5.41) is -2.79. The summed E-state index contributed by atoms with van der Waals surface area (Å²) in [6.07, 6.45) is 0. The molecule has 0 unspecified atom stereocenters. The third-order valence-corrected chi connectivity index (χ3v) is 10.1. The Kier molecular flexibility index (Phi) is 3.22. The molecule has 4 heterocycles. The summed E-state index contributed by atoms with van der Waals surface area (Å²) in [4.78, 5) is 13.0. The first-order valence-electron chi connectivity index (χ1n) is 31.1. The monoisotopic (exact) mass is 776 g/mol. The van der Waals surface area contributed by atoms with E-state index in [1.165, 1.54) is 0 Å². The van der Waals surface area contributed by atoms with Gasteiger partial charge in [-0.25, -0.2) is 15.0 Å². The molecule has 12 rings (SSSR count). The van der Waals surface area contributed by atoms with Crippen LogP contribution in [0.1, 0.15) is 39.8 Å². The van der Waals surface area contributed by atoms with Gasteiger partial charge in [-0.1, -0.05) is 145 Å². The molecule has 0 radical (unpaired) electrons. The van der Waals surface area contributed by atoms with Crippen LogP contribution in [-0.2, 0) is 0 Å². The van der Waals surface area contributed by atoms with Crippen molar-refractivity contribution in [2.24, 2.45) is 0 Å². The van der Waals surface area contributed by atoms with Crippen molar-refractivity contribution < 1.29 is 48.6 Å². The van der Waals surface area contributed by atoms with E-state index in [0.717, 1.165) is 0 Å². The first-order chi connectivity index (χ1) is 40.3. The molecule has 4 aromatic heterocycles. The van der Waals surface area contributed by atoms with E-state index in [2.05, 4.69) is 15.0 Å². The van der Waals surface area contributed by atoms with Crippen molar-refractivity contribution >= 4 is 75.4 Å². The highest BCUT2D eigenvalue weighted by atomic mass is 32.1. The van der Waals surface area contributed by atoms with Gasteiger partial charge in [-0.05, 0) is 46.9 Å². The zero-order chi connectivity index (χ0) is 62.7. The van der Waals surface area contributed by atoms with Crippen LogP contribution in [0.15, 0.2) is 184 Å². The molecule has 0 bridgehead atoms. The molecule has 0 spiro atoms. The van der Waals surface area contributed by atoms with Crippen LogP contribution in [0.4, 0.5) is 0 Å². The lowest BCUT2D eigenvalue weighted by atomic mass is 9.93. The molecule has 0 fully saturated rings. The summed E-state index contributed by atoms with van der Waals surface area (Å²) in [6.45, 7) is 0. The standard InChI is InChI=1S/C51H29N3O2S/c1-3-14-30(15-4-1)49-52-50(31-16-5-2-6-17-31)54-51(53-49)40-25-13-22-36-35-21-12-23-37(46(35)56-47(36)40)41-28-32(29-43-45(41)39-19-7-9-26-42(39)55-43)33-20-11-24-38-34-18-8-10-27-44(34)57-48(33)38/h1-29H/i1D,2D,3D,4D,5D,6D,7D,8D,9D,10D,11D,12D,13D,14D,15D,16D,17D,18D,19D,20D,21D,22D,23D,24D,25D,26D,27D,28D,29D. The van der Waals surface area contributed by atoms with Crippen LogP contribution in [0, 0.1) is 0 Å². The van der Waals surface area contributed by atoms with Crippen molar-refractivity contribution in [1.82, 2.24) is 15.0 Å². The van der Waals surface area contributed by atoms with Crippen molar-refractivity contribution in [3.05, 3.63) is 175 Å². The second-order valence-electron chi connectivity index (χ2n) is 12.1. The topological polar surface area (TPSA) is 65.0 Å². The predicted molar refractivity (Wildman–Crippen MR) is 234 cm³/mol. The number of fused-ring (bicyclic) bond motifs is 9. The number of hydrogen-bond donors (Lipinski definition) is 0. The molecule has 0 saturated carbocycles. The first-order valence-corrected chi connectivity index (χ1v) is 17.4. The van der Waals surface area contributed by atoms with Crippen LogP contribution in [0.25, 0.3) is 120 Å². The molecule has 12 aromatic rings. The average molecular weight is 777 g/mol. The number of aromatic nitrogens is 3. The lowest BCUT2D eigenvalue weighted by Gasteiger charge is -2.10. The second kappa shape index (κ2) is 12.6. The number of para-hydroxylation sites is 3. The van der Waals surface area contributed by atoms with Crippen LogP contribution in [0.5, 0.6) is 0 Å². The summed E-state index contributed by atoms with van der Waals surface area (Å²) < 4.78 is 272. The van der Waals surface area contributed by atoms with E-state index in [0.29, 0.717) is 11.3 Å². The molecule has 0 saturated heterocycles. The van der Waals surface area contributed by atoms with Gasteiger partial charge in [0.15, 0.2) is 17.5 Å². The van der Waals surface area contributed by atoms with Crippen LogP contribution in [0.3, 0.4) is 0 Å². The van der Waals surface area contributed by atoms with Gasteiger partial charge in [0.1, 0.15) is 22.3 Å². The van der Waals surface area contributed by atoms with Gasteiger partial charge in [0.25, 0.3) is 0 Å². The Morgan fingerprint density at radius 3 is 1.68 bits per heavy atom. The van der Waals surface area contributed by atoms with E-state index in [1.807, 2.05) is 0 Å². The first kappa shape index (κ1) is 14.6. The molecule has 6 heteroatoms. The number of rotatable bonds is 5. The summed E-state index contributed by atoms with van der Waals surface area (Å²) in [6, 6.07) is -24.7. The van der Waals surface area contributed by atoms with Gasteiger partial charge in [-0.15, -0.1) is 11.3 Å². The van der Waals surface area contributed by atoms with E-state index in [-0.39, 0.29) is 20.2 Å². The number of thiophene rings is 1. The van der Waals surface area contributed by atoms with E-state index >= 15 is 0 Å². The van der Waals surface area contributed by atoms with E-state index < -0.39 is 276 Å². The molecule has 0 aliphatic carbocycles. The van der Waals surface area contributed by atoms with Gasteiger partial charge < -0.3 is 8.83 Å². The Morgan fingerprint density at radius 2 is 0.947 bits per heavy atom. The molecule has 0 N–H and O–H groups in total. The zero-order valence-electron chi connectivity index (χ0n) is 57.1. The number of furan rings is 2. The van der Waals surface area contributed by atoms with Crippen LogP contribution < -0.4 is 0 Å². The molecule has 0 amide bonds. The molecule has 5 nitrogen and oxygen atoms in total. The third-order valence-electron chi connectivity index (χ3n) is 8.93. The van der Waals surface area contributed by atoms with E-state index in [9.17, 15) is 13.7 Å². The Morgan fingerprint density at radius 1 is 0.386 bits per heavy atom. The molecule has 57 heavy (non-hydrogen) atoms. The summed E-state index contributed by atoms with van der Waals surface area (Å²) in [5.41, 5.74) is -7.59. The smallest absolute Gasteiger partial charge is 0.167 e. The van der Waals surface area contributed by atoms with Crippen molar-refractivity contribution in [2.45, 2.75) is 0 Å². The quantitative estimate of drug-likeness (QED) is 0.174. The third kappa shape index (κ3) is 5.04. The molecule has 0 aliphatic heterocycles. The second-order valence-corrected chi connectivity index (χ2v) is 13.1.